The Hall–Kier alpha value is -0.720. The Balaban J connectivity index is 2.73. The first-order chi connectivity index (χ1) is 5.09. The van der Waals surface area contributed by atoms with Crippen molar-refractivity contribution < 1.29 is 0 Å². The number of aromatic nitrogens is 1. The maximum atomic E-state index is 3.38. The van der Waals surface area contributed by atoms with Gasteiger partial charge in [0.25, 0.3) is 0 Å². The SMILES string of the molecule is Cc1cc(CC(C)C)[nH]c1C. The minimum absolute atomic E-state index is 0.743. The lowest BCUT2D eigenvalue weighted by Gasteiger charge is -2.00. The second-order valence-corrected chi connectivity index (χ2v) is 3.70. The molecule has 0 saturated heterocycles. The third-order valence-corrected chi connectivity index (χ3v) is 1.96. The van der Waals surface area contributed by atoms with E-state index >= 15 is 0 Å². The molecule has 0 amide bonds. The van der Waals surface area contributed by atoms with Gasteiger partial charge in [-0.2, -0.15) is 0 Å². The first-order valence-corrected chi connectivity index (χ1v) is 4.24. The van der Waals surface area contributed by atoms with Crippen molar-refractivity contribution in [3.63, 3.8) is 0 Å². The fraction of sp³-hybridized carbons (Fsp3) is 0.600. The van der Waals surface area contributed by atoms with E-state index in [1.807, 2.05) is 0 Å². The van der Waals surface area contributed by atoms with Gasteiger partial charge in [0.05, 0.1) is 0 Å². The van der Waals surface area contributed by atoms with Crippen LogP contribution in [0.1, 0.15) is 30.8 Å². The molecule has 11 heavy (non-hydrogen) atoms. The standard InChI is InChI=1S/C10H17N/c1-7(2)5-10-6-8(3)9(4)11-10/h6-7,11H,5H2,1-4H3. The zero-order valence-electron chi connectivity index (χ0n) is 7.86. The predicted octanol–water partition coefficient (Wildman–Crippen LogP) is 2.83. The number of H-pyrrole nitrogens is 1. The van der Waals surface area contributed by atoms with Crippen LogP contribution < -0.4 is 0 Å². The van der Waals surface area contributed by atoms with Gasteiger partial charge in [0.1, 0.15) is 0 Å². The summed E-state index contributed by atoms with van der Waals surface area (Å²) in [6.07, 6.45) is 1.16. The van der Waals surface area contributed by atoms with Gasteiger partial charge in [-0.15, -0.1) is 0 Å². The molecule has 1 aromatic rings. The molecule has 1 heterocycles. The van der Waals surface area contributed by atoms with E-state index in [1.165, 1.54) is 17.0 Å². The number of aromatic amines is 1. The summed E-state index contributed by atoms with van der Waals surface area (Å²) in [6.45, 7) is 8.76. The van der Waals surface area contributed by atoms with Crippen LogP contribution in [-0.2, 0) is 6.42 Å². The van der Waals surface area contributed by atoms with Crippen molar-refractivity contribution in [2.24, 2.45) is 5.92 Å². The van der Waals surface area contributed by atoms with Crippen LogP contribution >= 0.6 is 0 Å². The molecule has 0 spiro atoms. The number of aryl methyl sites for hydroxylation is 2. The molecule has 0 bridgehead atoms. The quantitative estimate of drug-likeness (QED) is 0.669. The summed E-state index contributed by atoms with van der Waals surface area (Å²) in [5.74, 6) is 0.743. The van der Waals surface area contributed by atoms with Crippen LogP contribution in [0.15, 0.2) is 6.07 Å². The van der Waals surface area contributed by atoms with Gasteiger partial charge in [-0.1, -0.05) is 13.8 Å². The Morgan fingerprint density at radius 2 is 2.00 bits per heavy atom. The van der Waals surface area contributed by atoms with Gasteiger partial charge >= 0.3 is 0 Å². The summed E-state index contributed by atoms with van der Waals surface area (Å²) in [6, 6.07) is 2.25. The summed E-state index contributed by atoms with van der Waals surface area (Å²) in [4.78, 5) is 3.38. The molecule has 0 unspecified atom stereocenters. The van der Waals surface area contributed by atoms with Gasteiger partial charge in [-0.05, 0) is 37.8 Å². The van der Waals surface area contributed by atoms with Gasteiger partial charge in [-0.25, -0.2) is 0 Å². The molecule has 1 aromatic heterocycles. The molecule has 62 valence electrons. The normalized spacial score (nSPS) is 11.0. The molecule has 0 aliphatic carbocycles. The van der Waals surface area contributed by atoms with Crippen molar-refractivity contribution in [2.45, 2.75) is 34.1 Å². The van der Waals surface area contributed by atoms with Crippen LogP contribution in [0.25, 0.3) is 0 Å². The Kier molecular flexibility index (Phi) is 2.38. The second-order valence-electron chi connectivity index (χ2n) is 3.70. The molecular weight excluding hydrogens is 134 g/mol. The van der Waals surface area contributed by atoms with Gasteiger partial charge < -0.3 is 4.98 Å². The zero-order valence-corrected chi connectivity index (χ0v) is 7.86. The van der Waals surface area contributed by atoms with Crippen LogP contribution in [0.3, 0.4) is 0 Å². The maximum Gasteiger partial charge on any atom is 0.0154 e. The van der Waals surface area contributed by atoms with E-state index in [1.54, 1.807) is 0 Å². The fourth-order valence-electron chi connectivity index (χ4n) is 1.29. The third-order valence-electron chi connectivity index (χ3n) is 1.96. The highest BCUT2D eigenvalue weighted by molar-refractivity contribution is 5.23. The van der Waals surface area contributed by atoms with Crippen molar-refractivity contribution in [3.05, 3.63) is 23.0 Å². The van der Waals surface area contributed by atoms with Gasteiger partial charge in [0.15, 0.2) is 0 Å². The topological polar surface area (TPSA) is 15.8 Å². The predicted molar refractivity (Wildman–Crippen MR) is 48.8 cm³/mol. The van der Waals surface area contributed by atoms with E-state index in [9.17, 15) is 0 Å². The average Bonchev–Trinajstić information content (AvgIpc) is 2.10. The molecule has 1 N–H and O–H groups in total. The molecule has 0 atom stereocenters. The van der Waals surface area contributed by atoms with Crippen LogP contribution in [0.5, 0.6) is 0 Å². The highest BCUT2D eigenvalue weighted by Gasteiger charge is 2.01. The van der Waals surface area contributed by atoms with E-state index in [0.29, 0.717) is 0 Å². The Morgan fingerprint density at radius 3 is 2.36 bits per heavy atom. The monoisotopic (exact) mass is 151 g/mol. The second kappa shape index (κ2) is 3.12. The number of nitrogens with one attached hydrogen (secondary N) is 1. The molecular formula is C10H17N. The van der Waals surface area contributed by atoms with Gasteiger partial charge in [0.2, 0.25) is 0 Å². The van der Waals surface area contributed by atoms with Crippen molar-refractivity contribution in [1.29, 1.82) is 0 Å². The molecule has 0 saturated carbocycles. The molecule has 1 rings (SSSR count). The van der Waals surface area contributed by atoms with Crippen molar-refractivity contribution in [3.8, 4) is 0 Å². The molecule has 0 aliphatic rings. The lowest BCUT2D eigenvalue weighted by atomic mass is 10.1. The third kappa shape index (κ3) is 2.11. The molecule has 0 aromatic carbocycles. The van der Waals surface area contributed by atoms with Crippen LogP contribution in [0.2, 0.25) is 0 Å². The molecule has 1 heteroatoms. The van der Waals surface area contributed by atoms with Crippen molar-refractivity contribution in [1.82, 2.24) is 4.98 Å². The first kappa shape index (κ1) is 8.38. The van der Waals surface area contributed by atoms with E-state index in [0.717, 1.165) is 12.3 Å². The van der Waals surface area contributed by atoms with Crippen LogP contribution in [-0.4, -0.2) is 4.98 Å². The number of hydrogen-bond donors (Lipinski definition) is 1. The minimum Gasteiger partial charge on any atom is -0.362 e. The molecule has 0 radical (unpaired) electrons. The number of rotatable bonds is 2. The van der Waals surface area contributed by atoms with E-state index in [4.69, 9.17) is 0 Å². The lowest BCUT2D eigenvalue weighted by molar-refractivity contribution is 0.637. The summed E-state index contributed by atoms with van der Waals surface area (Å²) >= 11 is 0. The Bertz CT molecular complexity index is 214. The highest BCUT2D eigenvalue weighted by Crippen LogP contribution is 2.11. The Labute approximate surface area is 68.8 Å². The van der Waals surface area contributed by atoms with Gasteiger partial charge in [-0.3, -0.25) is 0 Å². The van der Waals surface area contributed by atoms with Crippen molar-refractivity contribution >= 4 is 0 Å². The summed E-state index contributed by atoms with van der Waals surface area (Å²) < 4.78 is 0. The van der Waals surface area contributed by atoms with Crippen LogP contribution in [0, 0.1) is 19.8 Å². The summed E-state index contributed by atoms with van der Waals surface area (Å²) in [7, 11) is 0. The summed E-state index contributed by atoms with van der Waals surface area (Å²) in [5.41, 5.74) is 4.05. The lowest BCUT2D eigenvalue weighted by Crippen LogP contribution is -1.93. The minimum atomic E-state index is 0.743. The average molecular weight is 151 g/mol. The Morgan fingerprint density at radius 1 is 1.36 bits per heavy atom. The van der Waals surface area contributed by atoms with Crippen molar-refractivity contribution in [2.75, 3.05) is 0 Å². The smallest absolute Gasteiger partial charge is 0.0154 e. The first-order valence-electron chi connectivity index (χ1n) is 4.24. The zero-order chi connectivity index (χ0) is 8.43. The molecule has 0 aliphatic heterocycles. The van der Waals surface area contributed by atoms with E-state index in [-0.39, 0.29) is 0 Å². The van der Waals surface area contributed by atoms with Gasteiger partial charge in [0, 0.05) is 11.4 Å². The maximum absolute atomic E-state index is 3.38. The van der Waals surface area contributed by atoms with E-state index < -0.39 is 0 Å². The largest absolute Gasteiger partial charge is 0.362 e. The van der Waals surface area contributed by atoms with Crippen LogP contribution in [0.4, 0.5) is 0 Å². The molecule has 1 nitrogen and oxygen atoms in total. The number of hydrogen-bond acceptors (Lipinski definition) is 0. The summed E-state index contributed by atoms with van der Waals surface area (Å²) in [5, 5.41) is 0. The molecule has 0 fully saturated rings. The highest BCUT2D eigenvalue weighted by atomic mass is 14.7. The van der Waals surface area contributed by atoms with E-state index in [2.05, 4.69) is 38.7 Å². The fourth-order valence-corrected chi connectivity index (χ4v) is 1.29.